The van der Waals surface area contributed by atoms with Crippen LogP contribution in [0.15, 0.2) is 12.1 Å². The summed E-state index contributed by atoms with van der Waals surface area (Å²) in [5, 5.41) is 24.2. The van der Waals surface area contributed by atoms with E-state index in [1.54, 1.807) is 20.8 Å². The minimum atomic E-state index is -1.50. The zero-order valence-corrected chi connectivity index (χ0v) is 11.5. The lowest BCUT2D eigenvalue weighted by molar-refractivity contribution is -0.384. The lowest BCUT2D eigenvalue weighted by atomic mass is 10.1. The van der Waals surface area contributed by atoms with Crippen LogP contribution in [0.1, 0.15) is 27.3 Å². The third-order valence-corrected chi connectivity index (χ3v) is 3.37. The molecule has 1 aromatic carbocycles. The van der Waals surface area contributed by atoms with Gasteiger partial charge in [-0.1, -0.05) is 0 Å². The maximum Gasteiger partial charge on any atom is 0.338 e. The molecule has 0 atom stereocenters. The SMILES string of the molecule is Cc1nn(-c2cc(C(=O)O)c(F)cc2[N+](=O)[O-])c(C)c1C. The Bertz CT molecular complexity index is 767. The van der Waals surface area contributed by atoms with Gasteiger partial charge in [0, 0.05) is 5.69 Å². The largest absolute Gasteiger partial charge is 0.478 e. The molecular weight excluding hydrogens is 281 g/mol. The fourth-order valence-corrected chi connectivity index (χ4v) is 1.99. The van der Waals surface area contributed by atoms with Gasteiger partial charge >= 0.3 is 5.97 Å². The first-order valence-corrected chi connectivity index (χ1v) is 5.98. The molecule has 0 saturated carbocycles. The number of aromatic carboxylic acids is 1. The van der Waals surface area contributed by atoms with Crippen LogP contribution in [0.4, 0.5) is 10.1 Å². The molecule has 21 heavy (non-hydrogen) atoms. The summed E-state index contributed by atoms with van der Waals surface area (Å²) in [5.74, 6) is -2.65. The first-order chi connectivity index (χ1) is 9.73. The van der Waals surface area contributed by atoms with E-state index >= 15 is 0 Å². The number of hydrogen-bond acceptors (Lipinski definition) is 4. The number of halogens is 1. The van der Waals surface area contributed by atoms with Crippen LogP contribution >= 0.6 is 0 Å². The van der Waals surface area contributed by atoms with Crippen LogP contribution in [0.2, 0.25) is 0 Å². The summed E-state index contributed by atoms with van der Waals surface area (Å²) in [6.45, 7) is 5.22. The van der Waals surface area contributed by atoms with Crippen LogP contribution in [0, 0.1) is 36.7 Å². The number of benzene rings is 1. The summed E-state index contributed by atoms with van der Waals surface area (Å²) in [5.41, 5.74) is 0.850. The third kappa shape index (κ3) is 2.35. The molecule has 0 unspecified atom stereocenters. The third-order valence-electron chi connectivity index (χ3n) is 3.37. The van der Waals surface area contributed by atoms with E-state index < -0.39 is 28.0 Å². The molecule has 1 N–H and O–H groups in total. The quantitative estimate of drug-likeness (QED) is 0.692. The minimum Gasteiger partial charge on any atom is -0.478 e. The summed E-state index contributed by atoms with van der Waals surface area (Å²) >= 11 is 0. The molecule has 8 heteroatoms. The van der Waals surface area contributed by atoms with E-state index in [0.29, 0.717) is 17.5 Å². The van der Waals surface area contributed by atoms with Crippen molar-refractivity contribution in [1.29, 1.82) is 0 Å². The number of nitro benzene ring substituents is 1. The van der Waals surface area contributed by atoms with Gasteiger partial charge in [-0.25, -0.2) is 13.9 Å². The van der Waals surface area contributed by atoms with Gasteiger partial charge in [0.1, 0.15) is 11.5 Å². The molecule has 0 aliphatic heterocycles. The van der Waals surface area contributed by atoms with Gasteiger partial charge < -0.3 is 5.11 Å². The van der Waals surface area contributed by atoms with Gasteiger partial charge in [0.05, 0.1) is 22.2 Å². The van der Waals surface area contributed by atoms with Crippen LogP contribution in [-0.4, -0.2) is 25.8 Å². The molecular formula is C13H12FN3O4. The Labute approximate surface area is 118 Å². The molecule has 0 bridgehead atoms. The Hall–Kier alpha value is -2.77. The number of nitro groups is 1. The predicted octanol–water partition coefficient (Wildman–Crippen LogP) is 2.54. The smallest absolute Gasteiger partial charge is 0.338 e. The highest BCUT2D eigenvalue weighted by molar-refractivity contribution is 5.89. The Morgan fingerprint density at radius 3 is 2.43 bits per heavy atom. The topological polar surface area (TPSA) is 98.3 Å². The molecule has 0 fully saturated rings. The van der Waals surface area contributed by atoms with Crippen molar-refractivity contribution in [3.05, 3.63) is 50.6 Å². The Morgan fingerprint density at radius 1 is 1.38 bits per heavy atom. The van der Waals surface area contributed by atoms with Crippen molar-refractivity contribution in [1.82, 2.24) is 9.78 Å². The summed E-state index contributed by atoms with van der Waals surface area (Å²) in [6, 6.07) is 1.53. The van der Waals surface area contributed by atoms with E-state index in [9.17, 15) is 19.3 Å². The van der Waals surface area contributed by atoms with Gasteiger partial charge in [-0.15, -0.1) is 0 Å². The van der Waals surface area contributed by atoms with Gasteiger partial charge in [0.25, 0.3) is 5.69 Å². The van der Waals surface area contributed by atoms with Crippen LogP contribution in [-0.2, 0) is 0 Å². The van der Waals surface area contributed by atoms with Gasteiger partial charge in [-0.05, 0) is 32.4 Å². The van der Waals surface area contributed by atoms with Crippen LogP contribution in [0.25, 0.3) is 5.69 Å². The van der Waals surface area contributed by atoms with Gasteiger partial charge in [0.2, 0.25) is 0 Å². The second-order valence-corrected chi connectivity index (χ2v) is 4.59. The average Bonchev–Trinajstić information content (AvgIpc) is 2.65. The molecule has 2 aromatic rings. The number of hydrogen-bond donors (Lipinski definition) is 1. The van der Waals surface area contributed by atoms with E-state index in [4.69, 9.17) is 5.11 Å². The van der Waals surface area contributed by atoms with Crippen molar-refractivity contribution in [2.75, 3.05) is 0 Å². The minimum absolute atomic E-state index is 0.0764. The molecule has 1 aromatic heterocycles. The van der Waals surface area contributed by atoms with E-state index in [1.165, 1.54) is 4.68 Å². The predicted molar refractivity (Wildman–Crippen MR) is 71.3 cm³/mol. The monoisotopic (exact) mass is 293 g/mol. The van der Waals surface area contributed by atoms with E-state index in [-0.39, 0.29) is 5.69 Å². The van der Waals surface area contributed by atoms with Gasteiger partial charge in [0.15, 0.2) is 0 Å². The van der Waals surface area contributed by atoms with Gasteiger partial charge in [-0.3, -0.25) is 10.1 Å². The molecule has 0 amide bonds. The molecule has 110 valence electrons. The highest BCUT2D eigenvalue weighted by atomic mass is 19.1. The van der Waals surface area contributed by atoms with E-state index in [0.717, 1.165) is 11.6 Å². The van der Waals surface area contributed by atoms with Gasteiger partial charge in [-0.2, -0.15) is 5.10 Å². The molecule has 0 aliphatic carbocycles. The fraction of sp³-hybridized carbons (Fsp3) is 0.231. The number of carbonyl (C=O) groups is 1. The lowest BCUT2D eigenvalue weighted by Crippen LogP contribution is -2.09. The number of aromatic nitrogens is 2. The fourth-order valence-electron chi connectivity index (χ4n) is 1.99. The first-order valence-electron chi connectivity index (χ1n) is 5.98. The molecule has 2 rings (SSSR count). The summed E-state index contributed by atoms with van der Waals surface area (Å²) < 4.78 is 14.9. The molecule has 1 heterocycles. The van der Waals surface area contributed by atoms with Crippen molar-refractivity contribution >= 4 is 11.7 Å². The maximum absolute atomic E-state index is 13.6. The summed E-state index contributed by atoms with van der Waals surface area (Å²) in [4.78, 5) is 21.3. The van der Waals surface area contributed by atoms with Crippen molar-refractivity contribution in [2.45, 2.75) is 20.8 Å². The lowest BCUT2D eigenvalue weighted by Gasteiger charge is -2.08. The zero-order valence-electron chi connectivity index (χ0n) is 11.5. The highest BCUT2D eigenvalue weighted by Gasteiger charge is 2.24. The second-order valence-electron chi connectivity index (χ2n) is 4.59. The van der Waals surface area contributed by atoms with E-state index in [2.05, 4.69) is 5.10 Å². The Balaban J connectivity index is 2.82. The normalized spacial score (nSPS) is 10.7. The molecule has 0 aliphatic rings. The van der Waals surface area contributed by atoms with Crippen molar-refractivity contribution in [2.24, 2.45) is 0 Å². The zero-order chi connectivity index (χ0) is 15.9. The molecule has 0 spiro atoms. The molecule has 0 radical (unpaired) electrons. The van der Waals surface area contributed by atoms with Crippen molar-refractivity contribution in [3.8, 4) is 5.69 Å². The number of carboxylic acid groups (broad SMARTS) is 1. The van der Waals surface area contributed by atoms with Crippen LogP contribution in [0.5, 0.6) is 0 Å². The number of aryl methyl sites for hydroxylation is 1. The summed E-state index contributed by atoms with van der Waals surface area (Å²) in [7, 11) is 0. The second kappa shape index (κ2) is 4.97. The Kier molecular flexibility index (Phi) is 3.46. The highest BCUT2D eigenvalue weighted by Crippen LogP contribution is 2.28. The van der Waals surface area contributed by atoms with Crippen LogP contribution < -0.4 is 0 Å². The Morgan fingerprint density at radius 2 is 2.00 bits per heavy atom. The standard InChI is InChI=1S/C13H12FN3O4/c1-6-7(2)15-16(8(6)3)11-4-9(13(18)19)10(14)5-12(11)17(20)21/h4-5H,1-3H3,(H,18,19). The number of nitrogens with zero attached hydrogens (tertiary/aromatic N) is 3. The van der Waals surface area contributed by atoms with E-state index in [1.807, 2.05) is 0 Å². The number of rotatable bonds is 3. The van der Waals surface area contributed by atoms with Crippen molar-refractivity contribution in [3.63, 3.8) is 0 Å². The molecule has 0 saturated heterocycles. The molecule has 7 nitrogen and oxygen atoms in total. The van der Waals surface area contributed by atoms with Crippen molar-refractivity contribution < 1.29 is 19.2 Å². The van der Waals surface area contributed by atoms with Crippen LogP contribution in [0.3, 0.4) is 0 Å². The number of carboxylic acids is 1. The first kappa shape index (κ1) is 14.6. The maximum atomic E-state index is 13.6. The average molecular weight is 293 g/mol. The summed E-state index contributed by atoms with van der Waals surface area (Å²) in [6.07, 6.45) is 0.